The van der Waals surface area contributed by atoms with Gasteiger partial charge >= 0.3 is 6.09 Å². The minimum Gasteiger partial charge on any atom is -0.465 e. The zero-order chi connectivity index (χ0) is 21.0. The normalized spacial score (nSPS) is 14.9. The number of aromatic nitrogens is 4. The van der Waals surface area contributed by atoms with Gasteiger partial charge in [0.1, 0.15) is 5.82 Å². The van der Waals surface area contributed by atoms with Gasteiger partial charge in [-0.2, -0.15) is 5.10 Å². The van der Waals surface area contributed by atoms with Gasteiger partial charge in [-0.1, -0.05) is 6.07 Å². The second kappa shape index (κ2) is 6.63. The number of hydrogen-bond acceptors (Lipinski definition) is 5. The molecule has 2 aromatic heterocycles. The summed E-state index contributed by atoms with van der Waals surface area (Å²) in [5.41, 5.74) is 1.85. The fourth-order valence-electron chi connectivity index (χ4n) is 3.86. The molecule has 152 valence electrons. The van der Waals surface area contributed by atoms with E-state index in [-0.39, 0.29) is 12.0 Å². The SMILES string of the molecule is CN1CC(N(C(=O)O)c2nc3ccc(-c4n[nH]c(=O)c5ccc(F)cc45)cc3[nH]2)C1. The predicted molar refractivity (Wildman–Crippen MR) is 109 cm³/mol. The van der Waals surface area contributed by atoms with Crippen LogP contribution in [0, 0.1) is 5.82 Å². The lowest BCUT2D eigenvalue weighted by molar-refractivity contribution is 0.160. The minimum absolute atomic E-state index is 0.166. The van der Waals surface area contributed by atoms with Gasteiger partial charge in [0.05, 0.1) is 28.2 Å². The summed E-state index contributed by atoms with van der Waals surface area (Å²) in [4.78, 5) is 34.6. The summed E-state index contributed by atoms with van der Waals surface area (Å²) in [6.07, 6.45) is -1.07. The zero-order valence-electron chi connectivity index (χ0n) is 15.9. The van der Waals surface area contributed by atoms with Crippen molar-refractivity contribution in [2.75, 3.05) is 25.0 Å². The monoisotopic (exact) mass is 408 g/mol. The van der Waals surface area contributed by atoms with Gasteiger partial charge in [-0.3, -0.25) is 4.79 Å². The number of amides is 1. The molecule has 30 heavy (non-hydrogen) atoms. The first-order valence-corrected chi connectivity index (χ1v) is 9.29. The van der Waals surface area contributed by atoms with Gasteiger partial charge in [0.15, 0.2) is 0 Å². The molecule has 2 aromatic carbocycles. The number of rotatable bonds is 3. The van der Waals surface area contributed by atoms with Crippen molar-refractivity contribution < 1.29 is 14.3 Å². The zero-order valence-corrected chi connectivity index (χ0v) is 15.9. The number of likely N-dealkylation sites (tertiary alicyclic amines) is 1. The van der Waals surface area contributed by atoms with Gasteiger partial charge in [-0.25, -0.2) is 24.2 Å². The molecule has 10 heteroatoms. The largest absolute Gasteiger partial charge is 0.465 e. The Kier molecular flexibility index (Phi) is 4.03. The maximum atomic E-state index is 13.8. The van der Waals surface area contributed by atoms with Gasteiger partial charge in [-0.15, -0.1) is 0 Å². The quantitative estimate of drug-likeness (QED) is 0.479. The Balaban J connectivity index is 1.61. The molecule has 1 aliphatic rings. The van der Waals surface area contributed by atoms with E-state index in [0.717, 1.165) is 0 Å². The van der Waals surface area contributed by atoms with E-state index in [4.69, 9.17) is 0 Å². The number of carbonyl (C=O) groups is 1. The summed E-state index contributed by atoms with van der Waals surface area (Å²) in [6.45, 7) is 1.26. The maximum Gasteiger partial charge on any atom is 0.414 e. The molecule has 0 atom stereocenters. The lowest BCUT2D eigenvalue weighted by Gasteiger charge is -2.40. The number of fused-ring (bicyclic) bond motifs is 2. The number of hydrogen-bond donors (Lipinski definition) is 3. The Labute approximate surface area is 168 Å². The number of benzene rings is 2. The molecule has 0 spiro atoms. The second-order valence-electron chi connectivity index (χ2n) is 7.41. The summed E-state index contributed by atoms with van der Waals surface area (Å²) < 4.78 is 13.8. The van der Waals surface area contributed by atoms with Crippen molar-refractivity contribution in [1.29, 1.82) is 0 Å². The third-order valence-corrected chi connectivity index (χ3v) is 5.34. The van der Waals surface area contributed by atoms with Crippen LogP contribution in [0.15, 0.2) is 41.2 Å². The van der Waals surface area contributed by atoms with E-state index in [1.165, 1.54) is 23.1 Å². The van der Waals surface area contributed by atoms with Crippen molar-refractivity contribution in [2.45, 2.75) is 6.04 Å². The fraction of sp³-hybridized carbons (Fsp3) is 0.200. The lowest BCUT2D eigenvalue weighted by Crippen LogP contribution is -2.59. The van der Waals surface area contributed by atoms with Crippen LogP contribution in [0.3, 0.4) is 0 Å². The van der Waals surface area contributed by atoms with Gasteiger partial charge in [0.2, 0.25) is 5.95 Å². The van der Waals surface area contributed by atoms with E-state index < -0.39 is 17.5 Å². The molecule has 1 aliphatic heterocycles. The number of likely N-dealkylation sites (N-methyl/N-ethyl adjacent to an activating group) is 1. The van der Waals surface area contributed by atoms with Crippen molar-refractivity contribution in [3.63, 3.8) is 0 Å². The Hall–Kier alpha value is -3.79. The molecule has 3 heterocycles. The van der Waals surface area contributed by atoms with E-state index in [0.29, 0.717) is 46.2 Å². The third kappa shape index (κ3) is 2.89. The van der Waals surface area contributed by atoms with Gasteiger partial charge < -0.3 is 15.0 Å². The molecule has 0 aliphatic carbocycles. The van der Waals surface area contributed by atoms with Crippen molar-refractivity contribution in [3.05, 3.63) is 52.6 Å². The van der Waals surface area contributed by atoms with E-state index in [1.54, 1.807) is 18.2 Å². The molecule has 9 nitrogen and oxygen atoms in total. The van der Waals surface area contributed by atoms with E-state index in [2.05, 4.69) is 20.2 Å². The van der Waals surface area contributed by atoms with Gasteiger partial charge in [0, 0.05) is 24.0 Å². The molecule has 0 unspecified atom stereocenters. The van der Waals surface area contributed by atoms with Crippen molar-refractivity contribution in [2.24, 2.45) is 0 Å². The highest BCUT2D eigenvalue weighted by Crippen LogP contribution is 2.29. The summed E-state index contributed by atoms with van der Waals surface area (Å²) in [5.74, 6) is -0.221. The second-order valence-corrected chi connectivity index (χ2v) is 7.41. The van der Waals surface area contributed by atoms with Crippen LogP contribution < -0.4 is 10.5 Å². The van der Waals surface area contributed by atoms with Crippen LogP contribution in [0.25, 0.3) is 33.1 Å². The molecule has 4 aromatic rings. The third-order valence-electron chi connectivity index (χ3n) is 5.34. The Morgan fingerprint density at radius 3 is 2.77 bits per heavy atom. The summed E-state index contributed by atoms with van der Waals surface area (Å²) >= 11 is 0. The molecule has 3 N–H and O–H groups in total. The van der Waals surface area contributed by atoms with Crippen molar-refractivity contribution in [1.82, 2.24) is 25.1 Å². The Morgan fingerprint density at radius 1 is 1.23 bits per heavy atom. The van der Waals surface area contributed by atoms with Crippen molar-refractivity contribution >= 4 is 33.8 Å². The minimum atomic E-state index is -1.07. The van der Waals surface area contributed by atoms with Crippen LogP contribution in [0.1, 0.15) is 0 Å². The molecule has 1 saturated heterocycles. The molecule has 1 fully saturated rings. The van der Waals surface area contributed by atoms with Crippen LogP contribution in [0.5, 0.6) is 0 Å². The number of H-pyrrole nitrogens is 2. The topological polar surface area (TPSA) is 118 Å². The number of anilines is 1. The van der Waals surface area contributed by atoms with Gasteiger partial charge in [-0.05, 0) is 37.4 Å². The van der Waals surface area contributed by atoms with Crippen LogP contribution in [0.2, 0.25) is 0 Å². The molecule has 0 bridgehead atoms. The van der Waals surface area contributed by atoms with Crippen LogP contribution in [-0.2, 0) is 0 Å². The first kappa shape index (κ1) is 18.3. The maximum absolute atomic E-state index is 13.8. The molecular weight excluding hydrogens is 391 g/mol. The average molecular weight is 408 g/mol. The first-order valence-electron chi connectivity index (χ1n) is 9.29. The van der Waals surface area contributed by atoms with E-state index >= 15 is 0 Å². The number of imidazole rings is 1. The number of nitrogens with one attached hydrogen (secondary N) is 2. The van der Waals surface area contributed by atoms with Crippen LogP contribution in [0.4, 0.5) is 15.1 Å². The van der Waals surface area contributed by atoms with Crippen molar-refractivity contribution in [3.8, 4) is 11.3 Å². The molecular formula is C20H17FN6O3. The summed E-state index contributed by atoms with van der Waals surface area (Å²) in [5, 5.41) is 16.9. The lowest BCUT2D eigenvalue weighted by atomic mass is 10.0. The fourth-order valence-corrected chi connectivity index (χ4v) is 3.86. The Morgan fingerprint density at radius 2 is 2.03 bits per heavy atom. The molecule has 0 radical (unpaired) electrons. The smallest absolute Gasteiger partial charge is 0.414 e. The molecule has 0 saturated carbocycles. The Bertz CT molecular complexity index is 1360. The van der Waals surface area contributed by atoms with Crippen LogP contribution in [-0.4, -0.2) is 62.4 Å². The number of carboxylic acid groups (broad SMARTS) is 1. The predicted octanol–water partition coefficient (Wildman–Crippen LogP) is 2.40. The molecule has 1 amide bonds. The summed E-state index contributed by atoms with van der Waals surface area (Å²) in [7, 11) is 1.92. The average Bonchev–Trinajstić information content (AvgIpc) is 3.09. The molecule has 5 rings (SSSR count). The standard InChI is InChI=1S/C20H17FN6O3/c1-26-8-12(9-26)27(20(29)30)19-22-15-5-2-10(6-16(15)23-19)17-14-7-11(21)3-4-13(14)18(28)25-24-17/h2-7,12H,8-9H2,1H3,(H,22,23)(H,25,28)(H,29,30). The number of halogens is 1. The van der Waals surface area contributed by atoms with E-state index in [9.17, 15) is 19.1 Å². The van der Waals surface area contributed by atoms with E-state index in [1.807, 2.05) is 11.9 Å². The highest BCUT2D eigenvalue weighted by Gasteiger charge is 2.35. The highest BCUT2D eigenvalue weighted by molar-refractivity contribution is 5.96. The van der Waals surface area contributed by atoms with Crippen LogP contribution >= 0.6 is 0 Å². The van der Waals surface area contributed by atoms with Gasteiger partial charge in [0.25, 0.3) is 5.56 Å². The first-order chi connectivity index (χ1) is 14.4. The highest BCUT2D eigenvalue weighted by atomic mass is 19.1. The number of nitrogens with zero attached hydrogens (tertiary/aromatic N) is 4. The number of aromatic amines is 2. The summed E-state index contributed by atoms with van der Waals surface area (Å²) in [6, 6.07) is 8.99.